The van der Waals surface area contributed by atoms with Gasteiger partial charge in [-0.15, -0.1) is 5.10 Å². The van der Waals surface area contributed by atoms with Crippen molar-refractivity contribution in [1.29, 1.82) is 0 Å². The van der Waals surface area contributed by atoms with Crippen LogP contribution in [0.4, 0.5) is 10.1 Å². The normalized spacial score (nSPS) is 11.3. The number of aromatic nitrogens is 3. The SMILES string of the molecule is O=C(OCn1nnc2ccccc2c1=O)c1cccc(S(=O)(=O)Nc2ccc(F)cc2)c1. The van der Waals surface area contributed by atoms with Gasteiger partial charge >= 0.3 is 5.97 Å². The maximum atomic E-state index is 13.0. The molecule has 0 saturated carbocycles. The van der Waals surface area contributed by atoms with Crippen molar-refractivity contribution < 1.29 is 22.3 Å². The number of hydrogen-bond acceptors (Lipinski definition) is 7. The van der Waals surface area contributed by atoms with Crippen LogP contribution in [0.1, 0.15) is 10.4 Å². The third-order valence-electron chi connectivity index (χ3n) is 4.42. The summed E-state index contributed by atoms with van der Waals surface area (Å²) in [4.78, 5) is 24.6. The van der Waals surface area contributed by atoms with Crippen molar-refractivity contribution in [1.82, 2.24) is 15.0 Å². The Balaban J connectivity index is 1.50. The number of halogens is 1. The van der Waals surface area contributed by atoms with E-state index in [1.165, 1.54) is 30.3 Å². The van der Waals surface area contributed by atoms with Crippen LogP contribution in [0.5, 0.6) is 0 Å². The molecule has 9 nitrogen and oxygen atoms in total. The smallest absolute Gasteiger partial charge is 0.339 e. The second-order valence-electron chi connectivity index (χ2n) is 6.61. The Morgan fingerprint density at radius 2 is 1.78 bits per heavy atom. The molecule has 0 radical (unpaired) electrons. The largest absolute Gasteiger partial charge is 0.439 e. The summed E-state index contributed by atoms with van der Waals surface area (Å²) < 4.78 is 46.5. The summed E-state index contributed by atoms with van der Waals surface area (Å²) in [6.07, 6.45) is 0. The Morgan fingerprint density at radius 3 is 2.56 bits per heavy atom. The predicted molar refractivity (Wildman–Crippen MR) is 113 cm³/mol. The number of nitrogens with one attached hydrogen (secondary N) is 1. The molecule has 1 heterocycles. The van der Waals surface area contributed by atoms with E-state index in [1.807, 2.05) is 0 Å². The van der Waals surface area contributed by atoms with Gasteiger partial charge in [0.15, 0.2) is 6.73 Å². The highest BCUT2D eigenvalue weighted by molar-refractivity contribution is 7.92. The van der Waals surface area contributed by atoms with E-state index in [4.69, 9.17) is 4.74 Å². The van der Waals surface area contributed by atoms with E-state index in [0.717, 1.165) is 22.9 Å². The quantitative estimate of drug-likeness (QED) is 0.445. The third kappa shape index (κ3) is 4.47. The number of esters is 1. The molecule has 0 unspecified atom stereocenters. The molecule has 4 rings (SSSR count). The molecular weight excluding hydrogens is 439 g/mol. The third-order valence-corrected chi connectivity index (χ3v) is 5.80. The van der Waals surface area contributed by atoms with Gasteiger partial charge in [0.25, 0.3) is 15.6 Å². The number of hydrogen-bond donors (Lipinski definition) is 1. The van der Waals surface area contributed by atoms with E-state index in [0.29, 0.717) is 10.9 Å². The molecule has 0 spiro atoms. The molecule has 0 fully saturated rings. The van der Waals surface area contributed by atoms with E-state index in [1.54, 1.807) is 24.3 Å². The Hall–Kier alpha value is -4.12. The van der Waals surface area contributed by atoms with Gasteiger partial charge in [-0.1, -0.05) is 23.4 Å². The maximum Gasteiger partial charge on any atom is 0.339 e. The first-order chi connectivity index (χ1) is 15.3. The van der Waals surface area contributed by atoms with Crippen LogP contribution in [0, 0.1) is 5.82 Å². The van der Waals surface area contributed by atoms with Crippen molar-refractivity contribution in [2.24, 2.45) is 0 Å². The predicted octanol–water partition coefficient (Wildman–Crippen LogP) is 2.55. The van der Waals surface area contributed by atoms with Crippen LogP contribution < -0.4 is 10.3 Å². The molecule has 0 bridgehead atoms. The van der Waals surface area contributed by atoms with Gasteiger partial charge in [-0.05, 0) is 54.6 Å². The van der Waals surface area contributed by atoms with Crippen molar-refractivity contribution >= 4 is 32.6 Å². The molecule has 3 aromatic carbocycles. The van der Waals surface area contributed by atoms with Crippen LogP contribution in [0.15, 0.2) is 82.5 Å². The zero-order chi connectivity index (χ0) is 22.7. The number of rotatable bonds is 6. The second kappa shape index (κ2) is 8.55. The minimum Gasteiger partial charge on any atom is -0.439 e. The summed E-state index contributed by atoms with van der Waals surface area (Å²) >= 11 is 0. The van der Waals surface area contributed by atoms with E-state index in [9.17, 15) is 22.4 Å². The van der Waals surface area contributed by atoms with Gasteiger partial charge in [0.2, 0.25) is 0 Å². The second-order valence-corrected chi connectivity index (χ2v) is 8.29. The van der Waals surface area contributed by atoms with E-state index < -0.39 is 34.1 Å². The Morgan fingerprint density at radius 1 is 1.03 bits per heavy atom. The van der Waals surface area contributed by atoms with E-state index in [2.05, 4.69) is 15.0 Å². The van der Waals surface area contributed by atoms with Crippen molar-refractivity contribution in [2.75, 3.05) is 4.72 Å². The van der Waals surface area contributed by atoms with Crippen LogP contribution in [-0.4, -0.2) is 29.4 Å². The molecule has 0 saturated heterocycles. The lowest BCUT2D eigenvalue weighted by molar-refractivity contribution is 0.0336. The number of sulfonamides is 1. The molecule has 0 amide bonds. The first-order valence-electron chi connectivity index (χ1n) is 9.22. The zero-order valence-electron chi connectivity index (χ0n) is 16.3. The summed E-state index contributed by atoms with van der Waals surface area (Å²) in [5, 5.41) is 7.94. The van der Waals surface area contributed by atoms with Crippen LogP contribution in [0.25, 0.3) is 10.9 Å². The molecule has 162 valence electrons. The van der Waals surface area contributed by atoms with Crippen molar-refractivity contribution in [2.45, 2.75) is 11.6 Å². The van der Waals surface area contributed by atoms with Gasteiger partial charge in [0.05, 0.1) is 15.8 Å². The topological polar surface area (TPSA) is 120 Å². The van der Waals surface area contributed by atoms with Crippen LogP contribution in [0.2, 0.25) is 0 Å². The van der Waals surface area contributed by atoms with Gasteiger partial charge in [0.1, 0.15) is 11.3 Å². The maximum absolute atomic E-state index is 13.0. The standard InChI is InChI=1S/C21H15FN4O5S/c22-15-8-10-16(11-9-15)24-32(29,30)17-5-3-4-14(12-17)21(28)31-13-26-20(27)18-6-1-2-7-19(18)23-25-26/h1-12,24H,13H2. The van der Waals surface area contributed by atoms with Crippen molar-refractivity contribution in [3.8, 4) is 0 Å². The number of ether oxygens (including phenoxy) is 1. The fraction of sp³-hybridized carbons (Fsp3) is 0.0476. The monoisotopic (exact) mass is 454 g/mol. The summed E-state index contributed by atoms with van der Waals surface area (Å²) in [5.74, 6) is -1.36. The minimum atomic E-state index is -4.04. The lowest BCUT2D eigenvalue weighted by atomic mass is 10.2. The highest BCUT2D eigenvalue weighted by Gasteiger charge is 2.18. The van der Waals surface area contributed by atoms with Gasteiger partial charge in [0, 0.05) is 5.69 Å². The summed E-state index contributed by atoms with van der Waals surface area (Å²) in [5.41, 5.74) is 0.0391. The van der Waals surface area contributed by atoms with Gasteiger partial charge in [-0.3, -0.25) is 9.52 Å². The van der Waals surface area contributed by atoms with Gasteiger partial charge in [-0.2, -0.15) is 4.68 Å². The Bertz CT molecular complexity index is 1470. The number of carbonyl (C=O) groups excluding carboxylic acids is 1. The fourth-order valence-electron chi connectivity index (χ4n) is 2.83. The van der Waals surface area contributed by atoms with Gasteiger partial charge < -0.3 is 4.74 Å². The molecule has 0 aliphatic heterocycles. The molecule has 11 heteroatoms. The van der Waals surface area contributed by atoms with Crippen LogP contribution >= 0.6 is 0 Å². The molecule has 4 aromatic rings. The molecular formula is C21H15FN4O5S. The first-order valence-corrected chi connectivity index (χ1v) is 10.7. The number of benzene rings is 3. The van der Waals surface area contributed by atoms with E-state index in [-0.39, 0.29) is 16.1 Å². The Kier molecular flexibility index (Phi) is 5.65. The molecule has 0 atom stereocenters. The molecule has 0 aliphatic carbocycles. The first kappa shape index (κ1) is 21.1. The highest BCUT2D eigenvalue weighted by Crippen LogP contribution is 2.18. The summed E-state index contributed by atoms with van der Waals surface area (Å²) in [6.45, 7) is -0.500. The van der Waals surface area contributed by atoms with Crippen LogP contribution in [-0.2, 0) is 21.5 Å². The van der Waals surface area contributed by atoms with Crippen LogP contribution in [0.3, 0.4) is 0 Å². The average molecular weight is 454 g/mol. The zero-order valence-corrected chi connectivity index (χ0v) is 17.1. The fourth-order valence-corrected chi connectivity index (χ4v) is 3.94. The molecule has 1 N–H and O–H groups in total. The summed E-state index contributed by atoms with van der Waals surface area (Å²) in [7, 11) is -4.04. The minimum absolute atomic E-state index is 0.0474. The van der Waals surface area contributed by atoms with Crippen molar-refractivity contribution in [3.05, 3.63) is 94.5 Å². The average Bonchev–Trinajstić information content (AvgIpc) is 2.80. The van der Waals surface area contributed by atoms with Crippen molar-refractivity contribution in [3.63, 3.8) is 0 Å². The Labute approximate surface area is 181 Å². The lowest BCUT2D eigenvalue weighted by Crippen LogP contribution is -2.26. The number of anilines is 1. The summed E-state index contributed by atoms with van der Waals surface area (Å²) in [6, 6.07) is 16.5. The highest BCUT2D eigenvalue weighted by atomic mass is 32.2. The molecule has 32 heavy (non-hydrogen) atoms. The number of nitrogens with zero attached hydrogens (tertiary/aromatic N) is 3. The van der Waals surface area contributed by atoms with E-state index >= 15 is 0 Å². The lowest BCUT2D eigenvalue weighted by Gasteiger charge is -2.10. The number of carbonyl (C=O) groups is 1. The molecule has 0 aliphatic rings. The number of fused-ring (bicyclic) bond motifs is 1. The van der Waals surface area contributed by atoms with Gasteiger partial charge in [-0.25, -0.2) is 17.6 Å². The molecule has 1 aromatic heterocycles.